The predicted molar refractivity (Wildman–Crippen MR) is 36.9 cm³/mol. The van der Waals surface area contributed by atoms with Crippen LogP contribution < -0.4 is 0 Å². The second-order valence-electron chi connectivity index (χ2n) is 1.77. The van der Waals surface area contributed by atoms with Gasteiger partial charge in [0.1, 0.15) is 6.61 Å². The van der Waals surface area contributed by atoms with E-state index in [0.29, 0.717) is 6.42 Å². The van der Waals surface area contributed by atoms with Crippen molar-refractivity contribution in [1.82, 2.24) is 0 Å². The monoisotopic (exact) mass is 182 g/mol. The van der Waals surface area contributed by atoms with Gasteiger partial charge in [-0.2, -0.15) is 0 Å². The summed E-state index contributed by atoms with van der Waals surface area (Å²) in [5.74, 6) is 0. The minimum absolute atomic E-state index is 0.358. The Morgan fingerprint density at radius 2 is 1.75 bits per heavy atom. The molecular weight excluding hydrogens is 172 g/mol. The molecule has 0 bridgehead atoms. The molecule has 0 aromatic carbocycles. The highest BCUT2D eigenvalue weighted by atomic mass is 16.9. The van der Waals surface area contributed by atoms with Crippen LogP contribution in [0.15, 0.2) is 0 Å². The number of hydrogen-bond donors (Lipinski definition) is 2. The summed E-state index contributed by atoms with van der Waals surface area (Å²) in [4.78, 5) is 17.7. The van der Waals surface area contributed by atoms with Gasteiger partial charge >= 0.3 is 0 Å². The number of hydrogen-bond acceptors (Lipinski definition) is 5. The van der Waals surface area contributed by atoms with Crippen molar-refractivity contribution in [2.24, 2.45) is 0 Å². The van der Waals surface area contributed by atoms with Crippen molar-refractivity contribution >= 4 is 0 Å². The van der Waals surface area contributed by atoms with E-state index in [0.717, 1.165) is 0 Å². The molecule has 8 heteroatoms. The Hall–Kier alpha value is -1.44. The van der Waals surface area contributed by atoms with Gasteiger partial charge in [0, 0.05) is 11.3 Å². The summed E-state index contributed by atoms with van der Waals surface area (Å²) in [6, 6.07) is -0.769. The predicted octanol–water partition coefficient (Wildman–Crippen LogP) is -0.314. The number of nitro groups is 1. The molecule has 8 nitrogen and oxygen atoms in total. The van der Waals surface area contributed by atoms with E-state index in [9.17, 15) is 10.1 Å². The zero-order chi connectivity index (χ0) is 10.1. The van der Waals surface area contributed by atoms with Crippen LogP contribution in [0.25, 0.3) is 0 Å². The van der Waals surface area contributed by atoms with Crippen LogP contribution in [0.3, 0.4) is 0 Å². The van der Waals surface area contributed by atoms with Gasteiger partial charge in [-0.15, -0.1) is 10.1 Å². The first-order valence-corrected chi connectivity index (χ1v) is 3.03. The smallest absolute Gasteiger partial charge is 0.291 e. The van der Waals surface area contributed by atoms with Crippen LogP contribution in [-0.4, -0.2) is 33.0 Å². The molecule has 72 valence electrons. The number of rotatable bonds is 3. The Bertz CT molecular complexity index is 140. The first-order valence-electron chi connectivity index (χ1n) is 3.03. The quantitative estimate of drug-likeness (QED) is 0.455. The molecule has 0 radical (unpaired) electrons. The average Bonchev–Trinajstić information content (AvgIpc) is 1.87. The van der Waals surface area contributed by atoms with E-state index in [1.54, 1.807) is 6.92 Å². The molecule has 0 saturated heterocycles. The topological polar surface area (TPSA) is 127 Å². The Kier molecular flexibility index (Phi) is 8.41. The lowest BCUT2D eigenvalue weighted by Crippen LogP contribution is -2.22. The Morgan fingerprint density at radius 3 is 1.75 bits per heavy atom. The molecule has 0 aliphatic rings. The molecule has 0 aliphatic heterocycles. The zero-order valence-electron chi connectivity index (χ0n) is 6.41. The fraction of sp³-hybridized carbons (Fsp3) is 1.00. The van der Waals surface area contributed by atoms with E-state index in [1.807, 2.05) is 0 Å². The van der Waals surface area contributed by atoms with Crippen molar-refractivity contribution < 1.29 is 20.3 Å². The van der Waals surface area contributed by atoms with Crippen LogP contribution >= 0.6 is 0 Å². The molecule has 0 amide bonds. The van der Waals surface area contributed by atoms with E-state index in [4.69, 9.17) is 20.4 Å². The third-order valence-electron chi connectivity index (χ3n) is 0.980. The lowest BCUT2D eigenvalue weighted by Gasteiger charge is -1.99. The highest BCUT2D eigenvalue weighted by molar-refractivity contribution is 4.47. The minimum Gasteiger partial charge on any atom is -0.389 e. The van der Waals surface area contributed by atoms with Crippen LogP contribution in [-0.2, 0) is 0 Å². The molecule has 0 saturated carbocycles. The van der Waals surface area contributed by atoms with Crippen molar-refractivity contribution in [3.8, 4) is 0 Å². The van der Waals surface area contributed by atoms with Gasteiger partial charge in [-0.3, -0.25) is 10.1 Å². The lowest BCUT2D eigenvalue weighted by atomic mass is 10.3. The van der Waals surface area contributed by atoms with Gasteiger partial charge in [-0.25, -0.2) is 0 Å². The lowest BCUT2D eigenvalue weighted by molar-refractivity contribution is -0.742. The van der Waals surface area contributed by atoms with Crippen LogP contribution in [0.5, 0.6) is 0 Å². The van der Waals surface area contributed by atoms with Gasteiger partial charge in [0.05, 0.1) is 0 Å². The Labute approximate surface area is 67.7 Å². The maximum Gasteiger partial charge on any atom is 0.291 e. The van der Waals surface area contributed by atoms with Crippen LogP contribution in [0.1, 0.15) is 13.3 Å². The highest BCUT2D eigenvalue weighted by Gasteiger charge is 2.13. The largest absolute Gasteiger partial charge is 0.389 e. The van der Waals surface area contributed by atoms with Gasteiger partial charge in [0.15, 0.2) is 0 Å². The van der Waals surface area contributed by atoms with Crippen molar-refractivity contribution in [2.45, 2.75) is 19.4 Å². The molecule has 2 N–H and O–H groups in total. The summed E-state index contributed by atoms with van der Waals surface area (Å²) in [6.07, 6.45) is 0.392. The summed E-state index contributed by atoms with van der Waals surface area (Å²) in [5, 5.41) is 31.7. The summed E-state index contributed by atoms with van der Waals surface area (Å²) in [7, 11) is 0. The number of nitrogens with zero attached hydrogens (tertiary/aromatic N) is 2. The van der Waals surface area contributed by atoms with E-state index >= 15 is 0 Å². The van der Waals surface area contributed by atoms with E-state index < -0.39 is 16.1 Å². The standard InChI is InChI=1S/C4H9NO3.HNO3/c1-2-4(3-6)5(7)8;2-1(3)4/h4,6H,2-3H2,1H3;(H,2,3,4). The second kappa shape index (κ2) is 7.66. The fourth-order valence-electron chi connectivity index (χ4n) is 0.345. The molecule has 0 aromatic heterocycles. The first kappa shape index (κ1) is 13.2. The molecule has 12 heavy (non-hydrogen) atoms. The highest BCUT2D eigenvalue weighted by Crippen LogP contribution is 1.92. The average molecular weight is 182 g/mol. The normalized spacial score (nSPS) is 10.8. The SMILES string of the molecule is CCC(CO)[N+](=O)[O-].O=[N+]([O-])O. The summed E-state index contributed by atoms with van der Waals surface area (Å²) >= 11 is 0. The summed E-state index contributed by atoms with van der Waals surface area (Å²) in [5.41, 5.74) is 0. The van der Waals surface area contributed by atoms with Crippen LogP contribution in [0.4, 0.5) is 0 Å². The number of aliphatic hydroxyl groups excluding tert-OH is 1. The van der Waals surface area contributed by atoms with E-state index in [2.05, 4.69) is 0 Å². The van der Waals surface area contributed by atoms with Crippen molar-refractivity contribution in [3.63, 3.8) is 0 Å². The minimum atomic E-state index is -1.50. The molecule has 1 unspecified atom stereocenters. The fourth-order valence-corrected chi connectivity index (χ4v) is 0.345. The van der Waals surface area contributed by atoms with Gasteiger partial charge in [0.25, 0.3) is 5.09 Å². The van der Waals surface area contributed by atoms with Crippen molar-refractivity contribution in [2.75, 3.05) is 6.61 Å². The maximum atomic E-state index is 9.81. The maximum absolute atomic E-state index is 9.81. The van der Waals surface area contributed by atoms with E-state index in [-0.39, 0.29) is 6.61 Å². The van der Waals surface area contributed by atoms with Gasteiger partial charge in [0.2, 0.25) is 6.04 Å². The molecular formula is C4H10N2O6. The summed E-state index contributed by atoms with van der Waals surface area (Å²) < 4.78 is 0. The van der Waals surface area contributed by atoms with Crippen LogP contribution in [0, 0.1) is 20.2 Å². The van der Waals surface area contributed by atoms with Crippen molar-refractivity contribution in [3.05, 3.63) is 20.2 Å². The number of aliphatic hydroxyl groups is 1. The molecule has 0 heterocycles. The van der Waals surface area contributed by atoms with Crippen LogP contribution in [0.2, 0.25) is 0 Å². The molecule has 0 rings (SSSR count). The molecule has 0 fully saturated rings. The van der Waals surface area contributed by atoms with Gasteiger partial charge < -0.3 is 10.3 Å². The summed E-state index contributed by atoms with van der Waals surface area (Å²) in [6.45, 7) is 1.31. The molecule has 0 aromatic rings. The third-order valence-corrected chi connectivity index (χ3v) is 0.980. The van der Waals surface area contributed by atoms with Gasteiger partial charge in [-0.1, -0.05) is 6.92 Å². The molecule has 0 aliphatic carbocycles. The first-order chi connectivity index (χ1) is 5.45. The third kappa shape index (κ3) is 11.4. The van der Waals surface area contributed by atoms with Crippen molar-refractivity contribution in [1.29, 1.82) is 0 Å². The Balaban J connectivity index is 0. The Morgan fingerprint density at radius 1 is 1.42 bits per heavy atom. The second-order valence-corrected chi connectivity index (χ2v) is 1.77. The molecule has 0 spiro atoms. The molecule has 1 atom stereocenters. The van der Waals surface area contributed by atoms with Gasteiger partial charge in [-0.05, 0) is 0 Å². The van der Waals surface area contributed by atoms with E-state index in [1.165, 1.54) is 0 Å². The zero-order valence-corrected chi connectivity index (χ0v) is 6.41.